The molecule has 2 atom stereocenters. The molecule has 1 rings (SSSR count). The SMILES string of the molecule is CCCCC(NCC(C)CO)c1ccccc1. The summed E-state index contributed by atoms with van der Waals surface area (Å²) >= 11 is 0. The van der Waals surface area contributed by atoms with Gasteiger partial charge in [-0.2, -0.15) is 0 Å². The highest BCUT2D eigenvalue weighted by molar-refractivity contribution is 5.18. The van der Waals surface area contributed by atoms with E-state index in [1.165, 1.54) is 24.8 Å². The van der Waals surface area contributed by atoms with Crippen molar-refractivity contribution in [2.24, 2.45) is 5.92 Å². The molecule has 2 N–H and O–H groups in total. The Balaban J connectivity index is 2.54. The highest BCUT2D eigenvalue weighted by atomic mass is 16.3. The molecule has 0 aliphatic rings. The molecule has 0 spiro atoms. The van der Waals surface area contributed by atoms with Crippen molar-refractivity contribution in [2.45, 2.75) is 39.2 Å². The van der Waals surface area contributed by atoms with Gasteiger partial charge in [-0.3, -0.25) is 0 Å². The van der Waals surface area contributed by atoms with Crippen molar-refractivity contribution in [3.05, 3.63) is 35.9 Å². The van der Waals surface area contributed by atoms with Crippen LogP contribution in [0.25, 0.3) is 0 Å². The number of benzene rings is 1. The van der Waals surface area contributed by atoms with Gasteiger partial charge in [0.2, 0.25) is 0 Å². The molecule has 0 aliphatic heterocycles. The van der Waals surface area contributed by atoms with Gasteiger partial charge in [0, 0.05) is 19.2 Å². The van der Waals surface area contributed by atoms with Gasteiger partial charge in [0.15, 0.2) is 0 Å². The Morgan fingerprint density at radius 2 is 1.94 bits per heavy atom. The fourth-order valence-corrected chi connectivity index (χ4v) is 1.89. The van der Waals surface area contributed by atoms with Crippen LogP contribution in [0.15, 0.2) is 30.3 Å². The molecule has 0 fully saturated rings. The predicted molar refractivity (Wildman–Crippen MR) is 73.0 cm³/mol. The number of unbranched alkanes of at least 4 members (excludes halogenated alkanes) is 1. The Morgan fingerprint density at radius 3 is 2.53 bits per heavy atom. The van der Waals surface area contributed by atoms with Gasteiger partial charge < -0.3 is 10.4 Å². The van der Waals surface area contributed by atoms with Crippen molar-refractivity contribution in [1.29, 1.82) is 0 Å². The third kappa shape index (κ3) is 5.33. The van der Waals surface area contributed by atoms with Crippen LogP contribution in [-0.4, -0.2) is 18.3 Å². The topological polar surface area (TPSA) is 32.3 Å². The van der Waals surface area contributed by atoms with Crippen molar-refractivity contribution < 1.29 is 5.11 Å². The minimum atomic E-state index is 0.252. The minimum absolute atomic E-state index is 0.252. The largest absolute Gasteiger partial charge is 0.396 e. The first-order valence-electron chi connectivity index (χ1n) is 6.67. The number of aliphatic hydroxyl groups excluding tert-OH is 1. The monoisotopic (exact) mass is 235 g/mol. The average molecular weight is 235 g/mol. The molecule has 2 nitrogen and oxygen atoms in total. The van der Waals surface area contributed by atoms with Crippen LogP contribution in [0.2, 0.25) is 0 Å². The molecule has 96 valence electrons. The summed E-state index contributed by atoms with van der Waals surface area (Å²) in [5, 5.41) is 12.6. The van der Waals surface area contributed by atoms with Crippen molar-refractivity contribution in [3.8, 4) is 0 Å². The molecule has 17 heavy (non-hydrogen) atoms. The summed E-state index contributed by atoms with van der Waals surface area (Å²) in [4.78, 5) is 0. The second kappa shape index (κ2) is 8.26. The van der Waals surface area contributed by atoms with Crippen LogP contribution < -0.4 is 5.32 Å². The van der Waals surface area contributed by atoms with E-state index in [1.54, 1.807) is 0 Å². The molecule has 0 heterocycles. The number of nitrogens with one attached hydrogen (secondary N) is 1. The molecule has 0 aliphatic carbocycles. The number of aliphatic hydroxyl groups is 1. The zero-order valence-corrected chi connectivity index (χ0v) is 11.0. The summed E-state index contributed by atoms with van der Waals surface area (Å²) in [6.45, 7) is 5.41. The smallest absolute Gasteiger partial charge is 0.0468 e. The highest BCUT2D eigenvalue weighted by Gasteiger charge is 2.11. The highest BCUT2D eigenvalue weighted by Crippen LogP contribution is 2.19. The summed E-state index contributed by atoms with van der Waals surface area (Å²) < 4.78 is 0. The van der Waals surface area contributed by atoms with Crippen molar-refractivity contribution in [2.75, 3.05) is 13.2 Å². The van der Waals surface area contributed by atoms with Gasteiger partial charge >= 0.3 is 0 Å². The fourth-order valence-electron chi connectivity index (χ4n) is 1.89. The Morgan fingerprint density at radius 1 is 1.24 bits per heavy atom. The lowest BCUT2D eigenvalue weighted by atomic mass is 10.0. The summed E-state index contributed by atoms with van der Waals surface area (Å²) in [5.74, 6) is 0.322. The Labute approximate surface area is 105 Å². The van der Waals surface area contributed by atoms with Gasteiger partial charge in [-0.05, 0) is 17.9 Å². The Kier molecular flexibility index (Phi) is 6.90. The van der Waals surface area contributed by atoms with E-state index in [2.05, 4.69) is 49.5 Å². The van der Waals surface area contributed by atoms with Gasteiger partial charge in [0.1, 0.15) is 0 Å². The van der Waals surface area contributed by atoms with E-state index in [0.29, 0.717) is 12.0 Å². The second-order valence-corrected chi connectivity index (χ2v) is 4.80. The molecule has 1 aromatic rings. The van der Waals surface area contributed by atoms with Gasteiger partial charge in [-0.25, -0.2) is 0 Å². The molecule has 0 amide bonds. The third-order valence-electron chi connectivity index (χ3n) is 3.07. The molecule has 2 unspecified atom stereocenters. The maximum Gasteiger partial charge on any atom is 0.0468 e. The fraction of sp³-hybridized carbons (Fsp3) is 0.600. The summed E-state index contributed by atoms with van der Waals surface area (Å²) in [7, 11) is 0. The lowest BCUT2D eigenvalue weighted by Gasteiger charge is -2.21. The van der Waals surface area contributed by atoms with Crippen LogP contribution in [0.4, 0.5) is 0 Å². The first-order valence-corrected chi connectivity index (χ1v) is 6.67. The summed E-state index contributed by atoms with van der Waals surface area (Å²) in [6.07, 6.45) is 3.62. The zero-order chi connectivity index (χ0) is 12.5. The Bertz CT molecular complexity index is 286. The maximum absolute atomic E-state index is 9.05. The maximum atomic E-state index is 9.05. The zero-order valence-electron chi connectivity index (χ0n) is 11.0. The number of hydrogen-bond donors (Lipinski definition) is 2. The first-order chi connectivity index (χ1) is 8.27. The van der Waals surface area contributed by atoms with Gasteiger partial charge in [0.05, 0.1) is 0 Å². The van der Waals surface area contributed by atoms with E-state index in [9.17, 15) is 0 Å². The van der Waals surface area contributed by atoms with Crippen LogP contribution in [0.5, 0.6) is 0 Å². The molecule has 0 aromatic heterocycles. The second-order valence-electron chi connectivity index (χ2n) is 4.80. The van der Waals surface area contributed by atoms with Crippen LogP contribution in [-0.2, 0) is 0 Å². The van der Waals surface area contributed by atoms with E-state index in [0.717, 1.165) is 6.54 Å². The summed E-state index contributed by atoms with van der Waals surface area (Å²) in [5.41, 5.74) is 1.35. The van der Waals surface area contributed by atoms with Crippen molar-refractivity contribution in [1.82, 2.24) is 5.32 Å². The van der Waals surface area contributed by atoms with Crippen LogP contribution >= 0.6 is 0 Å². The van der Waals surface area contributed by atoms with E-state index in [-0.39, 0.29) is 6.61 Å². The average Bonchev–Trinajstić information content (AvgIpc) is 2.39. The normalized spacial score (nSPS) is 14.5. The molecule has 0 bridgehead atoms. The van der Waals surface area contributed by atoms with E-state index in [1.807, 2.05) is 0 Å². The lowest BCUT2D eigenvalue weighted by Crippen LogP contribution is -2.27. The van der Waals surface area contributed by atoms with Gasteiger partial charge in [-0.15, -0.1) is 0 Å². The van der Waals surface area contributed by atoms with E-state index in [4.69, 9.17) is 5.11 Å². The summed E-state index contributed by atoms with van der Waals surface area (Å²) in [6, 6.07) is 11.0. The molecule has 2 heteroatoms. The van der Waals surface area contributed by atoms with Crippen LogP contribution in [0.3, 0.4) is 0 Å². The number of rotatable bonds is 8. The molecular formula is C15H25NO. The molecular weight excluding hydrogens is 210 g/mol. The van der Waals surface area contributed by atoms with Crippen molar-refractivity contribution in [3.63, 3.8) is 0 Å². The molecule has 1 aromatic carbocycles. The first kappa shape index (κ1) is 14.2. The van der Waals surface area contributed by atoms with Crippen molar-refractivity contribution >= 4 is 0 Å². The predicted octanol–water partition coefficient (Wildman–Crippen LogP) is 3.14. The molecule has 0 radical (unpaired) electrons. The molecule has 0 saturated carbocycles. The quantitative estimate of drug-likeness (QED) is 0.725. The third-order valence-corrected chi connectivity index (χ3v) is 3.07. The van der Waals surface area contributed by atoms with Gasteiger partial charge in [0.25, 0.3) is 0 Å². The molecule has 0 saturated heterocycles. The number of hydrogen-bond acceptors (Lipinski definition) is 2. The Hall–Kier alpha value is -0.860. The minimum Gasteiger partial charge on any atom is -0.396 e. The van der Waals surface area contributed by atoms with E-state index < -0.39 is 0 Å². The lowest BCUT2D eigenvalue weighted by molar-refractivity contribution is 0.229. The van der Waals surface area contributed by atoms with Crippen LogP contribution in [0.1, 0.15) is 44.7 Å². The standard InChI is InChI=1S/C15H25NO/c1-3-4-10-15(16-11-13(2)12-17)14-8-6-5-7-9-14/h5-9,13,15-17H,3-4,10-12H2,1-2H3. The van der Waals surface area contributed by atoms with Crippen LogP contribution in [0, 0.1) is 5.92 Å². The van der Waals surface area contributed by atoms with Gasteiger partial charge in [-0.1, -0.05) is 57.0 Å². The van der Waals surface area contributed by atoms with E-state index >= 15 is 0 Å².